The minimum atomic E-state index is -4.58. The second-order valence-electron chi connectivity index (χ2n) is 10.5. The molecule has 0 spiro atoms. The molecule has 2 fully saturated rings. The first kappa shape index (κ1) is 29.2. The summed E-state index contributed by atoms with van der Waals surface area (Å²) >= 11 is 0. The highest BCUT2D eigenvalue weighted by molar-refractivity contribution is 6.01. The number of halogens is 3. The van der Waals surface area contributed by atoms with E-state index in [1.54, 1.807) is 0 Å². The number of nitrogens with one attached hydrogen (secondary N) is 2. The third-order valence-electron chi connectivity index (χ3n) is 7.68. The van der Waals surface area contributed by atoms with Crippen molar-refractivity contribution in [3.05, 3.63) is 29.3 Å². The SMILES string of the molecule is CCC[C@@H]1C[C@@H](N(C)C(C)C)CC[C@@H]1NC(=O)CNC(=O)c1cc(C(F)(F)F)ccc1N1CCOCC1. The summed E-state index contributed by atoms with van der Waals surface area (Å²) in [5.41, 5.74) is -0.583. The van der Waals surface area contributed by atoms with Crippen LogP contribution in [-0.2, 0) is 15.7 Å². The molecular weight excluding hydrogens is 485 g/mol. The Morgan fingerprint density at radius 3 is 2.51 bits per heavy atom. The van der Waals surface area contributed by atoms with Crippen molar-refractivity contribution in [3.63, 3.8) is 0 Å². The first-order valence-corrected chi connectivity index (χ1v) is 13.3. The Labute approximate surface area is 218 Å². The smallest absolute Gasteiger partial charge is 0.378 e. The molecule has 10 heteroatoms. The molecule has 2 aliphatic rings. The highest BCUT2D eigenvalue weighted by atomic mass is 19.4. The van der Waals surface area contributed by atoms with Gasteiger partial charge in [-0.3, -0.25) is 9.59 Å². The zero-order valence-corrected chi connectivity index (χ0v) is 22.4. The van der Waals surface area contributed by atoms with Crippen molar-refractivity contribution in [2.45, 2.75) is 77.2 Å². The molecule has 1 aromatic rings. The van der Waals surface area contributed by atoms with E-state index in [0.29, 0.717) is 50.0 Å². The summed E-state index contributed by atoms with van der Waals surface area (Å²) in [5, 5.41) is 5.63. The number of ether oxygens (including phenoxy) is 1. The summed E-state index contributed by atoms with van der Waals surface area (Å²) in [5.74, 6) is -0.675. The van der Waals surface area contributed by atoms with Gasteiger partial charge in [-0.1, -0.05) is 13.3 Å². The fourth-order valence-corrected chi connectivity index (χ4v) is 5.40. The highest BCUT2D eigenvalue weighted by Gasteiger charge is 2.34. The Bertz CT molecular complexity index is 919. The van der Waals surface area contributed by atoms with Gasteiger partial charge in [0.25, 0.3) is 5.91 Å². The van der Waals surface area contributed by atoms with Crippen LogP contribution in [0.1, 0.15) is 68.8 Å². The van der Waals surface area contributed by atoms with Crippen molar-refractivity contribution in [1.82, 2.24) is 15.5 Å². The van der Waals surface area contributed by atoms with Crippen molar-refractivity contribution in [3.8, 4) is 0 Å². The van der Waals surface area contributed by atoms with Crippen LogP contribution in [0.15, 0.2) is 18.2 Å². The molecule has 2 N–H and O–H groups in total. The molecule has 1 aromatic carbocycles. The van der Waals surface area contributed by atoms with Gasteiger partial charge in [0.1, 0.15) is 0 Å². The van der Waals surface area contributed by atoms with Gasteiger partial charge in [-0.25, -0.2) is 0 Å². The van der Waals surface area contributed by atoms with E-state index in [9.17, 15) is 22.8 Å². The van der Waals surface area contributed by atoms with Crippen molar-refractivity contribution in [1.29, 1.82) is 0 Å². The first-order valence-electron chi connectivity index (χ1n) is 13.3. The molecule has 1 saturated heterocycles. The predicted octanol–water partition coefficient (Wildman–Crippen LogP) is 4.07. The molecule has 3 atom stereocenters. The van der Waals surface area contributed by atoms with E-state index >= 15 is 0 Å². The number of amides is 2. The number of carbonyl (C=O) groups is 2. The average molecular weight is 527 g/mol. The fourth-order valence-electron chi connectivity index (χ4n) is 5.40. The predicted molar refractivity (Wildman–Crippen MR) is 138 cm³/mol. The summed E-state index contributed by atoms with van der Waals surface area (Å²) in [7, 11) is 2.14. The van der Waals surface area contributed by atoms with Crippen LogP contribution in [0.5, 0.6) is 0 Å². The van der Waals surface area contributed by atoms with Gasteiger partial charge >= 0.3 is 6.18 Å². The van der Waals surface area contributed by atoms with E-state index in [1.807, 2.05) is 4.90 Å². The Hall–Kier alpha value is -2.33. The van der Waals surface area contributed by atoms with Crippen molar-refractivity contribution >= 4 is 17.5 Å². The van der Waals surface area contributed by atoms with Crippen LogP contribution in [0, 0.1) is 5.92 Å². The zero-order chi connectivity index (χ0) is 27.2. The van der Waals surface area contributed by atoms with E-state index in [1.165, 1.54) is 6.07 Å². The maximum absolute atomic E-state index is 13.4. The molecule has 7 nitrogen and oxygen atoms in total. The molecule has 0 radical (unpaired) electrons. The van der Waals surface area contributed by atoms with Crippen molar-refractivity contribution in [2.75, 3.05) is 44.8 Å². The Kier molecular flexibility index (Phi) is 10.2. The van der Waals surface area contributed by atoms with Gasteiger partial charge in [-0.2, -0.15) is 13.2 Å². The summed E-state index contributed by atoms with van der Waals surface area (Å²) in [6.45, 7) is 8.01. The molecule has 0 unspecified atom stereocenters. The Balaban J connectivity index is 1.65. The highest BCUT2D eigenvalue weighted by Crippen LogP contribution is 2.34. The maximum atomic E-state index is 13.4. The number of hydrogen-bond acceptors (Lipinski definition) is 5. The number of anilines is 1. The number of carbonyl (C=O) groups excluding carboxylic acids is 2. The summed E-state index contributed by atoms with van der Waals surface area (Å²) in [6, 6.07) is 4.12. The van der Waals surface area contributed by atoms with Gasteiger partial charge in [0.15, 0.2) is 0 Å². The lowest BCUT2D eigenvalue weighted by Gasteiger charge is -2.41. The van der Waals surface area contributed by atoms with E-state index in [0.717, 1.165) is 44.2 Å². The van der Waals surface area contributed by atoms with E-state index in [-0.39, 0.29) is 24.1 Å². The lowest BCUT2D eigenvalue weighted by molar-refractivity contribution is -0.137. The minimum absolute atomic E-state index is 0.0265. The quantitative estimate of drug-likeness (QED) is 0.508. The topological polar surface area (TPSA) is 73.9 Å². The number of rotatable bonds is 9. The Morgan fingerprint density at radius 2 is 1.89 bits per heavy atom. The van der Waals surface area contributed by atoms with E-state index in [2.05, 4.69) is 43.4 Å². The van der Waals surface area contributed by atoms with Gasteiger partial charge < -0.3 is 25.2 Å². The molecular formula is C27H41F3N4O3. The van der Waals surface area contributed by atoms with E-state index in [4.69, 9.17) is 4.74 Å². The van der Waals surface area contributed by atoms with Gasteiger partial charge in [-0.05, 0) is 70.7 Å². The first-order chi connectivity index (χ1) is 17.5. The van der Waals surface area contributed by atoms with Crippen LogP contribution in [0.25, 0.3) is 0 Å². The lowest BCUT2D eigenvalue weighted by Crippen LogP contribution is -2.51. The number of alkyl halides is 3. The second-order valence-corrected chi connectivity index (χ2v) is 10.5. The normalized spacial score (nSPS) is 22.8. The number of nitrogens with zero attached hydrogens (tertiary/aromatic N) is 2. The molecule has 1 saturated carbocycles. The standard InChI is InChI=1S/C27H41F3N4O3/c1-5-6-19-15-21(33(4)18(2)3)8-9-23(19)32-25(35)17-31-26(36)22-16-20(27(28,29)30)7-10-24(22)34-11-13-37-14-12-34/h7,10,16,18-19,21,23H,5-6,8-9,11-15,17H2,1-4H3,(H,31,36)(H,32,35)/t19-,21+,23+/m1/s1. The zero-order valence-electron chi connectivity index (χ0n) is 22.4. The third kappa shape index (κ3) is 7.83. The monoisotopic (exact) mass is 526 g/mol. The van der Waals surface area contributed by atoms with Crippen molar-refractivity contribution in [2.24, 2.45) is 5.92 Å². The second kappa shape index (κ2) is 13.0. The van der Waals surface area contributed by atoms with Crippen LogP contribution in [0.2, 0.25) is 0 Å². The van der Waals surface area contributed by atoms with Crippen LogP contribution >= 0.6 is 0 Å². The Morgan fingerprint density at radius 1 is 1.19 bits per heavy atom. The van der Waals surface area contributed by atoms with Crippen LogP contribution in [0.3, 0.4) is 0 Å². The summed E-state index contributed by atoms with van der Waals surface area (Å²) in [4.78, 5) is 30.0. The molecule has 1 aliphatic carbocycles. The molecule has 37 heavy (non-hydrogen) atoms. The largest absolute Gasteiger partial charge is 0.416 e. The van der Waals surface area contributed by atoms with Crippen LogP contribution < -0.4 is 15.5 Å². The van der Waals surface area contributed by atoms with Gasteiger partial charge in [0.2, 0.25) is 5.91 Å². The number of hydrogen-bond donors (Lipinski definition) is 2. The maximum Gasteiger partial charge on any atom is 0.416 e. The van der Waals surface area contributed by atoms with Gasteiger partial charge in [-0.15, -0.1) is 0 Å². The fraction of sp³-hybridized carbons (Fsp3) is 0.704. The van der Waals surface area contributed by atoms with Gasteiger partial charge in [0.05, 0.1) is 30.9 Å². The summed E-state index contributed by atoms with van der Waals surface area (Å²) in [6.07, 6.45) is 0.304. The molecule has 3 rings (SSSR count). The lowest BCUT2D eigenvalue weighted by atomic mass is 9.78. The molecule has 0 aromatic heterocycles. The average Bonchev–Trinajstić information content (AvgIpc) is 2.87. The van der Waals surface area contributed by atoms with Crippen LogP contribution in [0.4, 0.5) is 18.9 Å². The number of morpholine rings is 1. The molecule has 1 aliphatic heterocycles. The van der Waals surface area contributed by atoms with Crippen LogP contribution in [-0.4, -0.2) is 74.7 Å². The van der Waals surface area contributed by atoms with E-state index < -0.39 is 17.6 Å². The molecule has 0 bridgehead atoms. The van der Waals surface area contributed by atoms with Crippen molar-refractivity contribution < 1.29 is 27.5 Å². The third-order valence-corrected chi connectivity index (χ3v) is 7.68. The number of benzene rings is 1. The van der Waals surface area contributed by atoms with Gasteiger partial charge in [0, 0.05) is 36.9 Å². The summed E-state index contributed by atoms with van der Waals surface area (Å²) < 4.78 is 45.4. The molecule has 2 amide bonds. The minimum Gasteiger partial charge on any atom is -0.378 e. The molecule has 1 heterocycles. The molecule has 208 valence electrons.